The first-order valence-electron chi connectivity index (χ1n) is 6.75. The summed E-state index contributed by atoms with van der Waals surface area (Å²) in [5, 5.41) is 3.52. The molecule has 1 unspecified atom stereocenters. The molecular weight excluding hydrogens is 244 g/mol. The normalized spacial score (nSPS) is 27.6. The molecular formula is C15H23ClN2. The molecule has 0 aromatic heterocycles. The summed E-state index contributed by atoms with van der Waals surface area (Å²) in [4.78, 5) is 2.63. The molecule has 3 heteroatoms. The minimum absolute atomic E-state index is 0. The maximum atomic E-state index is 3.52. The van der Waals surface area contributed by atoms with Gasteiger partial charge >= 0.3 is 0 Å². The lowest BCUT2D eigenvalue weighted by Gasteiger charge is -2.23. The van der Waals surface area contributed by atoms with Crippen LogP contribution in [0.25, 0.3) is 0 Å². The van der Waals surface area contributed by atoms with Gasteiger partial charge in [-0.2, -0.15) is 0 Å². The predicted octanol–water partition coefficient (Wildman–Crippen LogP) is 2.60. The molecule has 0 aliphatic carbocycles. The standard InChI is InChI=1S/C15H22N2.ClH/c1-13-4-2-3-5-14(13)10-17-9-7-15(12-17)6-8-16-11-15;/h2-5,16H,6-12H2,1H3;1H. The van der Waals surface area contributed by atoms with Gasteiger partial charge in [-0.3, -0.25) is 4.90 Å². The summed E-state index contributed by atoms with van der Waals surface area (Å²) in [6.45, 7) is 8.37. The molecule has 1 spiro atoms. The lowest BCUT2D eigenvalue weighted by Crippen LogP contribution is -2.29. The molecule has 1 atom stereocenters. The van der Waals surface area contributed by atoms with Crippen molar-refractivity contribution in [3.05, 3.63) is 35.4 Å². The van der Waals surface area contributed by atoms with E-state index in [1.54, 1.807) is 0 Å². The van der Waals surface area contributed by atoms with Crippen LogP contribution in [0.3, 0.4) is 0 Å². The fraction of sp³-hybridized carbons (Fsp3) is 0.600. The minimum Gasteiger partial charge on any atom is -0.316 e. The molecule has 0 saturated carbocycles. The first-order valence-corrected chi connectivity index (χ1v) is 6.75. The predicted molar refractivity (Wildman–Crippen MR) is 78.2 cm³/mol. The Bertz CT molecular complexity index is 399. The number of benzene rings is 1. The number of nitrogens with zero attached hydrogens (tertiary/aromatic N) is 1. The molecule has 3 rings (SSSR count). The lowest BCUT2D eigenvalue weighted by molar-refractivity contribution is 0.268. The van der Waals surface area contributed by atoms with E-state index in [4.69, 9.17) is 0 Å². The Balaban J connectivity index is 0.00000120. The van der Waals surface area contributed by atoms with Crippen LogP contribution >= 0.6 is 12.4 Å². The van der Waals surface area contributed by atoms with Crippen LogP contribution in [0.4, 0.5) is 0 Å². The number of nitrogens with one attached hydrogen (secondary N) is 1. The van der Waals surface area contributed by atoms with E-state index in [9.17, 15) is 0 Å². The molecule has 2 fully saturated rings. The number of halogens is 1. The fourth-order valence-electron chi connectivity index (χ4n) is 3.33. The SMILES string of the molecule is Cc1ccccc1CN1CCC2(CCNC2)C1.Cl. The van der Waals surface area contributed by atoms with Gasteiger partial charge in [-0.15, -0.1) is 12.4 Å². The van der Waals surface area contributed by atoms with Gasteiger partial charge in [-0.05, 0) is 49.4 Å². The fourth-order valence-corrected chi connectivity index (χ4v) is 3.33. The van der Waals surface area contributed by atoms with Gasteiger partial charge in [0.1, 0.15) is 0 Å². The molecule has 1 aromatic carbocycles. The molecule has 2 aliphatic rings. The second-order valence-electron chi connectivity index (χ2n) is 5.81. The van der Waals surface area contributed by atoms with Crippen molar-refractivity contribution in [1.29, 1.82) is 0 Å². The second-order valence-corrected chi connectivity index (χ2v) is 5.81. The van der Waals surface area contributed by atoms with Gasteiger partial charge in [0.05, 0.1) is 0 Å². The van der Waals surface area contributed by atoms with Gasteiger partial charge in [0, 0.05) is 19.6 Å². The van der Waals surface area contributed by atoms with Crippen molar-refractivity contribution in [2.45, 2.75) is 26.3 Å². The summed E-state index contributed by atoms with van der Waals surface area (Å²) in [5.74, 6) is 0. The van der Waals surface area contributed by atoms with E-state index in [1.165, 1.54) is 50.1 Å². The van der Waals surface area contributed by atoms with Crippen molar-refractivity contribution in [3.63, 3.8) is 0 Å². The molecule has 0 radical (unpaired) electrons. The molecule has 0 amide bonds. The quantitative estimate of drug-likeness (QED) is 0.885. The summed E-state index contributed by atoms with van der Waals surface area (Å²) in [6.07, 6.45) is 2.75. The summed E-state index contributed by atoms with van der Waals surface area (Å²) >= 11 is 0. The Kier molecular flexibility index (Phi) is 4.31. The highest BCUT2D eigenvalue weighted by molar-refractivity contribution is 5.85. The molecule has 100 valence electrons. The Morgan fingerprint density at radius 2 is 2.11 bits per heavy atom. The molecule has 18 heavy (non-hydrogen) atoms. The number of hydrogen-bond acceptors (Lipinski definition) is 2. The Hall–Kier alpha value is -0.570. The second kappa shape index (κ2) is 5.60. The van der Waals surface area contributed by atoms with Crippen LogP contribution in [0.15, 0.2) is 24.3 Å². The van der Waals surface area contributed by atoms with E-state index in [1.807, 2.05) is 0 Å². The number of likely N-dealkylation sites (tertiary alicyclic amines) is 1. The van der Waals surface area contributed by atoms with Crippen molar-refractivity contribution in [2.24, 2.45) is 5.41 Å². The minimum atomic E-state index is 0. The topological polar surface area (TPSA) is 15.3 Å². The summed E-state index contributed by atoms with van der Waals surface area (Å²) in [6, 6.07) is 8.78. The third-order valence-electron chi connectivity index (χ3n) is 4.50. The summed E-state index contributed by atoms with van der Waals surface area (Å²) < 4.78 is 0. The third kappa shape index (κ3) is 2.71. The van der Waals surface area contributed by atoms with Crippen molar-refractivity contribution in [2.75, 3.05) is 26.2 Å². The van der Waals surface area contributed by atoms with Crippen molar-refractivity contribution in [1.82, 2.24) is 10.2 Å². The zero-order valence-corrected chi connectivity index (χ0v) is 11.9. The van der Waals surface area contributed by atoms with Crippen molar-refractivity contribution in [3.8, 4) is 0 Å². The average molecular weight is 267 g/mol. The van der Waals surface area contributed by atoms with Crippen LogP contribution < -0.4 is 5.32 Å². The third-order valence-corrected chi connectivity index (χ3v) is 4.50. The Labute approximate surface area is 116 Å². The highest BCUT2D eigenvalue weighted by atomic mass is 35.5. The van der Waals surface area contributed by atoms with Crippen LogP contribution in [-0.4, -0.2) is 31.1 Å². The largest absolute Gasteiger partial charge is 0.316 e. The van der Waals surface area contributed by atoms with E-state index in [2.05, 4.69) is 41.4 Å². The van der Waals surface area contributed by atoms with Crippen molar-refractivity contribution < 1.29 is 0 Å². The monoisotopic (exact) mass is 266 g/mol. The molecule has 1 N–H and O–H groups in total. The maximum Gasteiger partial charge on any atom is 0.0236 e. The first-order chi connectivity index (χ1) is 8.27. The van der Waals surface area contributed by atoms with E-state index in [-0.39, 0.29) is 12.4 Å². The Morgan fingerprint density at radius 3 is 2.83 bits per heavy atom. The average Bonchev–Trinajstić information content (AvgIpc) is 2.94. The van der Waals surface area contributed by atoms with E-state index in [0.717, 1.165) is 6.54 Å². The zero-order chi connectivity index (χ0) is 11.7. The van der Waals surface area contributed by atoms with Gasteiger partial charge < -0.3 is 5.32 Å². The number of rotatable bonds is 2. The molecule has 2 aliphatic heterocycles. The number of hydrogen-bond donors (Lipinski definition) is 1. The van der Waals surface area contributed by atoms with Gasteiger partial charge in [0.25, 0.3) is 0 Å². The van der Waals surface area contributed by atoms with E-state index in [0.29, 0.717) is 5.41 Å². The van der Waals surface area contributed by atoms with Gasteiger partial charge in [-0.1, -0.05) is 24.3 Å². The number of aryl methyl sites for hydroxylation is 1. The highest BCUT2D eigenvalue weighted by Gasteiger charge is 2.39. The van der Waals surface area contributed by atoms with Crippen LogP contribution in [0.1, 0.15) is 24.0 Å². The molecule has 0 bridgehead atoms. The van der Waals surface area contributed by atoms with Crippen LogP contribution in [0.5, 0.6) is 0 Å². The molecule has 2 saturated heterocycles. The molecule has 2 nitrogen and oxygen atoms in total. The summed E-state index contributed by atoms with van der Waals surface area (Å²) in [7, 11) is 0. The van der Waals surface area contributed by atoms with E-state index >= 15 is 0 Å². The van der Waals surface area contributed by atoms with E-state index < -0.39 is 0 Å². The van der Waals surface area contributed by atoms with Crippen LogP contribution in [-0.2, 0) is 6.54 Å². The van der Waals surface area contributed by atoms with Gasteiger partial charge in [0.2, 0.25) is 0 Å². The molecule has 2 heterocycles. The van der Waals surface area contributed by atoms with Crippen LogP contribution in [0, 0.1) is 12.3 Å². The van der Waals surface area contributed by atoms with Crippen molar-refractivity contribution >= 4 is 12.4 Å². The van der Waals surface area contributed by atoms with Crippen LogP contribution in [0.2, 0.25) is 0 Å². The van der Waals surface area contributed by atoms with Gasteiger partial charge in [-0.25, -0.2) is 0 Å². The zero-order valence-electron chi connectivity index (χ0n) is 11.1. The Morgan fingerprint density at radius 1 is 1.28 bits per heavy atom. The lowest BCUT2D eigenvalue weighted by atomic mass is 9.86. The maximum absolute atomic E-state index is 3.52. The molecule has 1 aromatic rings. The summed E-state index contributed by atoms with van der Waals surface area (Å²) in [5.41, 5.74) is 3.52. The van der Waals surface area contributed by atoms with Gasteiger partial charge in [0.15, 0.2) is 0 Å². The first kappa shape index (κ1) is 13.9. The smallest absolute Gasteiger partial charge is 0.0236 e. The highest BCUT2D eigenvalue weighted by Crippen LogP contribution is 2.36.